The summed E-state index contributed by atoms with van der Waals surface area (Å²) in [5.74, 6) is 2.55. The van der Waals surface area contributed by atoms with Crippen LogP contribution in [0.15, 0.2) is 12.2 Å². The van der Waals surface area contributed by atoms with Gasteiger partial charge in [0.1, 0.15) is 0 Å². The summed E-state index contributed by atoms with van der Waals surface area (Å²) in [5, 5.41) is 0. The molecule has 19 heavy (non-hydrogen) atoms. The maximum Gasteiger partial charge on any atom is -0.0262 e. The minimum absolute atomic E-state index is 0.757. The summed E-state index contributed by atoms with van der Waals surface area (Å²) in [6.07, 6.45) is 16.7. The lowest BCUT2D eigenvalue weighted by Gasteiger charge is -2.13. The summed E-state index contributed by atoms with van der Waals surface area (Å²) in [5.41, 5.74) is 0. The first-order valence-electron chi connectivity index (χ1n) is 8.52. The molecule has 0 aliphatic heterocycles. The van der Waals surface area contributed by atoms with Crippen molar-refractivity contribution in [1.29, 1.82) is 0 Å². The van der Waals surface area contributed by atoms with E-state index in [1.807, 2.05) is 0 Å². The SMILES string of the molecule is [CH2]CCC/C=C/C(C)CCCC(C)CCCC(C)C. The first-order chi connectivity index (χ1) is 9.06. The standard InChI is InChI=1S/C19H37/c1-6-7-8-9-13-18(4)15-11-16-19(5)14-10-12-17(2)3/h9,13,17-19H,1,6-8,10-12,14-16H2,2-5H3/b13-9+. The van der Waals surface area contributed by atoms with Crippen LogP contribution in [0.3, 0.4) is 0 Å². The van der Waals surface area contributed by atoms with Gasteiger partial charge >= 0.3 is 0 Å². The zero-order chi connectivity index (χ0) is 14.5. The van der Waals surface area contributed by atoms with Gasteiger partial charge in [-0.3, -0.25) is 0 Å². The molecule has 0 aromatic rings. The molecule has 0 saturated carbocycles. The number of allylic oxidation sites excluding steroid dienone is 2. The second-order valence-electron chi connectivity index (χ2n) is 6.76. The molecule has 113 valence electrons. The van der Waals surface area contributed by atoms with E-state index in [0.29, 0.717) is 0 Å². The van der Waals surface area contributed by atoms with Crippen molar-refractivity contribution in [3.05, 3.63) is 19.1 Å². The Morgan fingerprint density at radius 3 is 2.05 bits per heavy atom. The Bertz CT molecular complexity index is 202. The van der Waals surface area contributed by atoms with Gasteiger partial charge in [-0.25, -0.2) is 0 Å². The van der Waals surface area contributed by atoms with Crippen LogP contribution in [-0.2, 0) is 0 Å². The quantitative estimate of drug-likeness (QED) is 0.268. The molecule has 0 aromatic heterocycles. The molecule has 2 unspecified atom stereocenters. The topological polar surface area (TPSA) is 0 Å². The molecule has 0 nitrogen and oxygen atoms in total. The molecular formula is C19H37. The summed E-state index contributed by atoms with van der Waals surface area (Å²) in [4.78, 5) is 0. The van der Waals surface area contributed by atoms with Crippen molar-refractivity contribution in [1.82, 2.24) is 0 Å². The molecule has 0 bridgehead atoms. The number of rotatable bonds is 12. The molecule has 0 aliphatic rings. The van der Waals surface area contributed by atoms with Crippen molar-refractivity contribution in [3.63, 3.8) is 0 Å². The van der Waals surface area contributed by atoms with Gasteiger partial charge < -0.3 is 0 Å². The lowest BCUT2D eigenvalue weighted by Crippen LogP contribution is -1.98. The zero-order valence-corrected chi connectivity index (χ0v) is 14.0. The van der Waals surface area contributed by atoms with E-state index < -0.39 is 0 Å². The summed E-state index contributed by atoms with van der Waals surface area (Å²) in [7, 11) is 0. The Labute approximate surface area is 123 Å². The lowest BCUT2D eigenvalue weighted by atomic mass is 9.93. The molecule has 0 fully saturated rings. The second kappa shape index (κ2) is 12.8. The van der Waals surface area contributed by atoms with Gasteiger partial charge in [-0.15, -0.1) is 0 Å². The van der Waals surface area contributed by atoms with Crippen LogP contribution in [-0.4, -0.2) is 0 Å². The van der Waals surface area contributed by atoms with Crippen molar-refractivity contribution >= 4 is 0 Å². The van der Waals surface area contributed by atoms with E-state index in [-0.39, 0.29) is 0 Å². The fourth-order valence-corrected chi connectivity index (χ4v) is 2.49. The predicted octanol–water partition coefficient (Wildman–Crippen LogP) is 6.82. The first-order valence-corrected chi connectivity index (χ1v) is 8.52. The molecular weight excluding hydrogens is 228 g/mol. The van der Waals surface area contributed by atoms with Crippen LogP contribution in [0.2, 0.25) is 0 Å². The third-order valence-electron chi connectivity index (χ3n) is 3.92. The van der Waals surface area contributed by atoms with Crippen LogP contribution in [0.25, 0.3) is 0 Å². The van der Waals surface area contributed by atoms with Crippen LogP contribution < -0.4 is 0 Å². The van der Waals surface area contributed by atoms with Crippen molar-refractivity contribution in [2.24, 2.45) is 17.8 Å². The van der Waals surface area contributed by atoms with E-state index in [2.05, 4.69) is 46.8 Å². The van der Waals surface area contributed by atoms with E-state index in [4.69, 9.17) is 0 Å². The highest BCUT2D eigenvalue weighted by Crippen LogP contribution is 2.19. The Morgan fingerprint density at radius 1 is 0.842 bits per heavy atom. The first kappa shape index (κ1) is 18.7. The van der Waals surface area contributed by atoms with E-state index in [1.165, 1.54) is 51.4 Å². The smallest absolute Gasteiger partial charge is 0.0262 e. The van der Waals surface area contributed by atoms with Gasteiger partial charge in [-0.05, 0) is 37.0 Å². The lowest BCUT2D eigenvalue weighted by molar-refractivity contribution is 0.413. The third-order valence-corrected chi connectivity index (χ3v) is 3.92. The normalized spacial score (nSPS) is 15.3. The van der Waals surface area contributed by atoms with Crippen molar-refractivity contribution in [2.75, 3.05) is 0 Å². The summed E-state index contributed by atoms with van der Waals surface area (Å²) in [6.45, 7) is 13.3. The van der Waals surface area contributed by atoms with Crippen LogP contribution in [0, 0.1) is 24.7 Å². The van der Waals surface area contributed by atoms with Gasteiger partial charge in [-0.1, -0.05) is 85.3 Å². The molecule has 0 heteroatoms. The van der Waals surface area contributed by atoms with Crippen LogP contribution in [0.4, 0.5) is 0 Å². The molecule has 2 atom stereocenters. The zero-order valence-electron chi connectivity index (χ0n) is 14.0. The molecule has 0 spiro atoms. The molecule has 0 rings (SSSR count). The van der Waals surface area contributed by atoms with E-state index in [0.717, 1.165) is 24.2 Å². The second-order valence-corrected chi connectivity index (χ2v) is 6.76. The highest BCUT2D eigenvalue weighted by Gasteiger charge is 2.04. The molecule has 0 N–H and O–H groups in total. The van der Waals surface area contributed by atoms with Gasteiger partial charge in [0.25, 0.3) is 0 Å². The molecule has 1 radical (unpaired) electrons. The van der Waals surface area contributed by atoms with Gasteiger partial charge in [0, 0.05) is 0 Å². The third kappa shape index (κ3) is 14.0. The fraction of sp³-hybridized carbons (Fsp3) is 0.842. The average molecular weight is 266 g/mol. The highest BCUT2D eigenvalue weighted by molar-refractivity contribution is 4.86. The maximum absolute atomic E-state index is 3.87. The van der Waals surface area contributed by atoms with E-state index >= 15 is 0 Å². The number of hydrogen-bond acceptors (Lipinski definition) is 0. The monoisotopic (exact) mass is 265 g/mol. The predicted molar refractivity (Wildman–Crippen MR) is 89.2 cm³/mol. The van der Waals surface area contributed by atoms with Crippen molar-refractivity contribution in [2.45, 2.75) is 85.5 Å². The Balaban J connectivity index is 3.47. The molecule has 0 amide bonds. The summed E-state index contributed by atoms with van der Waals surface area (Å²) >= 11 is 0. The van der Waals surface area contributed by atoms with Crippen molar-refractivity contribution < 1.29 is 0 Å². The highest BCUT2D eigenvalue weighted by atomic mass is 14.1. The minimum Gasteiger partial charge on any atom is -0.0883 e. The molecule has 0 heterocycles. The molecule has 0 saturated heterocycles. The van der Waals surface area contributed by atoms with Crippen LogP contribution in [0.5, 0.6) is 0 Å². The van der Waals surface area contributed by atoms with E-state index in [1.54, 1.807) is 0 Å². The van der Waals surface area contributed by atoms with Gasteiger partial charge in [0.2, 0.25) is 0 Å². The Hall–Kier alpha value is -0.260. The maximum atomic E-state index is 3.87. The Kier molecular flexibility index (Phi) is 12.6. The van der Waals surface area contributed by atoms with Crippen LogP contribution in [0.1, 0.15) is 85.5 Å². The van der Waals surface area contributed by atoms with Crippen molar-refractivity contribution in [3.8, 4) is 0 Å². The molecule has 0 aromatic carbocycles. The number of unbranched alkanes of at least 4 members (excludes halogenated alkanes) is 2. The summed E-state index contributed by atoms with van der Waals surface area (Å²) in [6, 6.07) is 0. The minimum atomic E-state index is 0.757. The fourth-order valence-electron chi connectivity index (χ4n) is 2.49. The largest absolute Gasteiger partial charge is 0.0883 e. The van der Waals surface area contributed by atoms with E-state index in [9.17, 15) is 0 Å². The van der Waals surface area contributed by atoms with Gasteiger partial charge in [-0.2, -0.15) is 0 Å². The molecule has 0 aliphatic carbocycles. The number of hydrogen-bond donors (Lipinski definition) is 0. The average Bonchev–Trinajstić information content (AvgIpc) is 2.34. The summed E-state index contributed by atoms with van der Waals surface area (Å²) < 4.78 is 0. The Morgan fingerprint density at radius 2 is 1.47 bits per heavy atom. The van der Waals surface area contributed by atoms with Gasteiger partial charge in [0.05, 0.1) is 0 Å². The van der Waals surface area contributed by atoms with Gasteiger partial charge in [0.15, 0.2) is 0 Å². The van der Waals surface area contributed by atoms with Crippen LogP contribution >= 0.6 is 0 Å².